The summed E-state index contributed by atoms with van der Waals surface area (Å²) in [6.45, 7) is 13.6. The maximum atomic E-state index is 6.50. The minimum absolute atomic E-state index is 0.00800. The molecule has 0 radical (unpaired) electrons. The average molecular weight is 360 g/mol. The number of hydrogen-bond acceptors (Lipinski definition) is 6. The molecule has 4 N–H and O–H groups in total. The highest BCUT2D eigenvalue weighted by molar-refractivity contribution is 6.14. The number of ether oxygens (including phenoxy) is 1. The molecule has 0 bridgehead atoms. The summed E-state index contributed by atoms with van der Waals surface area (Å²) in [6, 6.07) is 7.85. The van der Waals surface area contributed by atoms with Gasteiger partial charge in [0, 0.05) is 17.6 Å². The highest BCUT2D eigenvalue weighted by Crippen LogP contribution is 2.24. The van der Waals surface area contributed by atoms with Gasteiger partial charge in [-0.05, 0) is 57.6 Å². The summed E-state index contributed by atoms with van der Waals surface area (Å²) in [6.07, 6.45) is 1.99. The number of methoxy groups -OCH3 is 1. The van der Waals surface area contributed by atoms with E-state index in [9.17, 15) is 0 Å². The number of nitrogens with two attached hydrogens (primary N) is 1. The van der Waals surface area contributed by atoms with Gasteiger partial charge in [-0.25, -0.2) is 0 Å². The van der Waals surface area contributed by atoms with Crippen LogP contribution in [0, 0.1) is 0 Å². The Morgan fingerprint density at radius 2 is 1.92 bits per heavy atom. The molecular formula is C20H33N5O. The van der Waals surface area contributed by atoms with Gasteiger partial charge in [-0.2, -0.15) is 5.10 Å². The van der Waals surface area contributed by atoms with Crippen molar-refractivity contribution in [3.05, 3.63) is 41.5 Å². The Bertz CT molecular complexity index is 679. The summed E-state index contributed by atoms with van der Waals surface area (Å²) in [4.78, 5) is 2.41. The molecule has 0 spiro atoms. The summed E-state index contributed by atoms with van der Waals surface area (Å²) in [5, 5.41) is 7.97. The zero-order valence-corrected chi connectivity index (χ0v) is 16.9. The van der Waals surface area contributed by atoms with Gasteiger partial charge in [0.05, 0.1) is 12.8 Å². The molecule has 1 aliphatic rings. The molecule has 6 nitrogen and oxygen atoms in total. The molecule has 0 amide bonds. The third kappa shape index (κ3) is 4.44. The Labute approximate surface area is 157 Å². The quantitative estimate of drug-likeness (QED) is 0.621. The van der Waals surface area contributed by atoms with Crippen LogP contribution in [0.15, 0.2) is 41.0 Å². The van der Waals surface area contributed by atoms with Crippen molar-refractivity contribution in [2.24, 2.45) is 10.8 Å². The first-order chi connectivity index (χ1) is 12.3. The van der Waals surface area contributed by atoms with Gasteiger partial charge in [0.2, 0.25) is 0 Å². The SMILES string of the molecule is CCN(CC)C(C)(C)CNC1(N)C=C(C)C(c2ccccc2OC)=NN1. The topological polar surface area (TPSA) is 74.9 Å². The number of nitrogens with zero attached hydrogens (tertiary/aromatic N) is 2. The monoisotopic (exact) mass is 359 g/mol. The van der Waals surface area contributed by atoms with Crippen LogP contribution >= 0.6 is 0 Å². The fraction of sp³-hybridized carbons (Fsp3) is 0.550. The first-order valence-corrected chi connectivity index (χ1v) is 9.23. The van der Waals surface area contributed by atoms with E-state index in [0.29, 0.717) is 0 Å². The van der Waals surface area contributed by atoms with Crippen molar-refractivity contribution in [2.75, 3.05) is 26.7 Å². The Hall–Kier alpha value is -1.89. The molecule has 1 aromatic rings. The Morgan fingerprint density at radius 3 is 2.50 bits per heavy atom. The van der Waals surface area contributed by atoms with Gasteiger partial charge < -0.3 is 4.74 Å². The normalized spacial score (nSPS) is 20.5. The highest BCUT2D eigenvalue weighted by atomic mass is 16.5. The fourth-order valence-electron chi connectivity index (χ4n) is 3.44. The molecule has 0 fully saturated rings. The number of hydrazone groups is 1. The number of nitrogens with one attached hydrogen (secondary N) is 2. The summed E-state index contributed by atoms with van der Waals surface area (Å²) in [5.74, 6) is -0.0824. The molecule has 1 atom stereocenters. The van der Waals surface area contributed by atoms with Crippen molar-refractivity contribution < 1.29 is 4.74 Å². The molecule has 0 saturated heterocycles. The highest BCUT2D eigenvalue weighted by Gasteiger charge is 2.31. The lowest BCUT2D eigenvalue weighted by molar-refractivity contribution is 0.120. The van der Waals surface area contributed by atoms with Crippen molar-refractivity contribution in [1.82, 2.24) is 15.6 Å². The third-order valence-corrected chi connectivity index (χ3v) is 4.97. The van der Waals surface area contributed by atoms with Gasteiger partial charge in [-0.1, -0.05) is 26.0 Å². The van der Waals surface area contributed by atoms with E-state index in [-0.39, 0.29) is 5.54 Å². The standard InChI is InChI=1S/C20H33N5O/c1-7-25(8-2)19(4,5)14-22-20(21)13-15(3)18(23-24-20)16-11-9-10-12-17(16)26-6/h9-13,22,24H,7-8,14,21H2,1-6H3. The second-order valence-electron chi connectivity index (χ2n) is 7.31. The zero-order chi connectivity index (χ0) is 19.4. The molecular weight excluding hydrogens is 326 g/mol. The predicted octanol–water partition coefficient (Wildman–Crippen LogP) is 2.27. The van der Waals surface area contributed by atoms with Gasteiger partial charge in [-0.3, -0.25) is 21.4 Å². The number of allylic oxidation sites excluding steroid dienone is 1. The summed E-state index contributed by atoms with van der Waals surface area (Å²) < 4.78 is 5.45. The van der Waals surface area contributed by atoms with Gasteiger partial charge in [0.1, 0.15) is 5.75 Å². The lowest BCUT2D eigenvalue weighted by Crippen LogP contribution is -2.66. The smallest absolute Gasteiger partial charge is 0.177 e. The maximum absolute atomic E-state index is 6.50. The van der Waals surface area contributed by atoms with Crippen LogP contribution in [0.1, 0.15) is 40.2 Å². The second-order valence-corrected chi connectivity index (χ2v) is 7.31. The molecule has 0 saturated carbocycles. The third-order valence-electron chi connectivity index (χ3n) is 4.97. The van der Waals surface area contributed by atoms with Gasteiger partial charge in [0.15, 0.2) is 5.79 Å². The van der Waals surface area contributed by atoms with E-state index in [4.69, 9.17) is 10.5 Å². The first-order valence-electron chi connectivity index (χ1n) is 9.23. The van der Waals surface area contributed by atoms with E-state index in [1.54, 1.807) is 7.11 Å². The van der Waals surface area contributed by atoms with Crippen molar-refractivity contribution in [3.8, 4) is 5.75 Å². The first kappa shape index (κ1) is 20.4. The molecule has 0 aliphatic carbocycles. The Balaban J connectivity index is 2.14. The van der Waals surface area contributed by atoms with Crippen LogP contribution in [0.25, 0.3) is 0 Å². The minimum Gasteiger partial charge on any atom is -0.496 e. The average Bonchev–Trinajstić information content (AvgIpc) is 2.61. The van der Waals surface area contributed by atoms with Gasteiger partial charge >= 0.3 is 0 Å². The molecule has 1 aliphatic heterocycles. The molecule has 1 heterocycles. The number of para-hydroxylation sites is 1. The zero-order valence-electron chi connectivity index (χ0n) is 16.9. The van der Waals surface area contributed by atoms with E-state index in [1.165, 1.54) is 0 Å². The van der Waals surface area contributed by atoms with E-state index in [0.717, 1.165) is 42.2 Å². The molecule has 1 unspecified atom stereocenters. The molecule has 26 heavy (non-hydrogen) atoms. The van der Waals surface area contributed by atoms with Crippen LogP contribution < -0.4 is 21.2 Å². The van der Waals surface area contributed by atoms with Crippen molar-refractivity contribution in [2.45, 2.75) is 45.9 Å². The van der Waals surface area contributed by atoms with Crippen molar-refractivity contribution in [1.29, 1.82) is 0 Å². The molecule has 6 heteroatoms. The number of rotatable bonds is 8. The number of benzene rings is 1. The summed E-state index contributed by atoms with van der Waals surface area (Å²) in [5.41, 5.74) is 12.4. The molecule has 1 aromatic carbocycles. The lowest BCUT2D eigenvalue weighted by Gasteiger charge is -2.41. The Kier molecular flexibility index (Phi) is 6.44. The summed E-state index contributed by atoms with van der Waals surface area (Å²) in [7, 11) is 1.67. The van der Waals surface area contributed by atoms with Crippen LogP contribution in [-0.4, -0.2) is 48.7 Å². The minimum atomic E-state index is -0.875. The molecule has 0 aromatic heterocycles. The van der Waals surface area contributed by atoms with E-state index < -0.39 is 5.79 Å². The largest absolute Gasteiger partial charge is 0.496 e. The van der Waals surface area contributed by atoms with Crippen LogP contribution in [0.3, 0.4) is 0 Å². The lowest BCUT2D eigenvalue weighted by atomic mass is 9.98. The fourth-order valence-corrected chi connectivity index (χ4v) is 3.44. The van der Waals surface area contributed by atoms with Crippen LogP contribution in [0.2, 0.25) is 0 Å². The van der Waals surface area contributed by atoms with Crippen molar-refractivity contribution >= 4 is 5.71 Å². The van der Waals surface area contributed by atoms with E-state index in [2.05, 4.69) is 48.4 Å². The van der Waals surface area contributed by atoms with Crippen LogP contribution in [0.5, 0.6) is 5.75 Å². The molecule has 2 rings (SSSR count). The number of hydrogen-bond donors (Lipinski definition) is 3. The summed E-state index contributed by atoms with van der Waals surface area (Å²) >= 11 is 0. The van der Waals surface area contributed by atoms with Gasteiger partial charge in [0.25, 0.3) is 0 Å². The van der Waals surface area contributed by atoms with Gasteiger partial charge in [-0.15, -0.1) is 0 Å². The maximum Gasteiger partial charge on any atom is 0.177 e. The van der Waals surface area contributed by atoms with Crippen LogP contribution in [-0.2, 0) is 0 Å². The Morgan fingerprint density at radius 1 is 1.27 bits per heavy atom. The van der Waals surface area contributed by atoms with Crippen LogP contribution in [0.4, 0.5) is 0 Å². The van der Waals surface area contributed by atoms with E-state index in [1.807, 2.05) is 37.3 Å². The predicted molar refractivity (Wildman–Crippen MR) is 108 cm³/mol. The van der Waals surface area contributed by atoms with E-state index >= 15 is 0 Å². The molecule has 144 valence electrons. The second kappa shape index (κ2) is 8.20. The van der Waals surface area contributed by atoms with Crippen molar-refractivity contribution in [3.63, 3.8) is 0 Å². The number of likely N-dealkylation sites (N-methyl/N-ethyl adjacent to an activating group) is 1.